The quantitative estimate of drug-likeness (QED) is 0.651. The van der Waals surface area contributed by atoms with Crippen molar-refractivity contribution in [3.8, 4) is 0 Å². The molecule has 4 heteroatoms. The maximum Gasteiger partial charge on any atom is 0.236 e. The molecule has 150 valence electrons. The molecule has 0 aliphatic carbocycles. The highest BCUT2D eigenvalue weighted by Gasteiger charge is 2.24. The van der Waals surface area contributed by atoms with Crippen LogP contribution in [0.2, 0.25) is 0 Å². The molecule has 0 spiro atoms. The van der Waals surface area contributed by atoms with Gasteiger partial charge >= 0.3 is 0 Å². The van der Waals surface area contributed by atoms with Crippen molar-refractivity contribution in [3.63, 3.8) is 0 Å². The van der Waals surface area contributed by atoms with Crippen LogP contribution in [0.1, 0.15) is 35.8 Å². The molecule has 3 aromatic rings. The van der Waals surface area contributed by atoms with Gasteiger partial charge in [-0.05, 0) is 48.4 Å². The van der Waals surface area contributed by atoms with E-state index in [4.69, 9.17) is 4.42 Å². The Morgan fingerprint density at radius 3 is 2.31 bits per heavy atom. The molecule has 2 aromatic carbocycles. The number of hydrogen-bond acceptors (Lipinski definition) is 3. The van der Waals surface area contributed by atoms with Crippen LogP contribution < -0.4 is 5.32 Å². The number of rotatable bonds is 7. The average molecular weight is 389 g/mol. The molecule has 0 saturated carbocycles. The van der Waals surface area contributed by atoms with E-state index in [0.717, 1.165) is 43.7 Å². The van der Waals surface area contributed by atoms with Gasteiger partial charge in [0.05, 0.1) is 18.8 Å². The van der Waals surface area contributed by atoms with E-state index in [1.54, 1.807) is 6.26 Å². The lowest BCUT2D eigenvalue weighted by molar-refractivity contribution is -0.131. The number of nitrogens with zero attached hydrogens (tertiary/aromatic N) is 1. The Bertz CT molecular complexity index is 870. The van der Waals surface area contributed by atoms with Gasteiger partial charge in [0.25, 0.3) is 0 Å². The molecule has 1 fully saturated rings. The molecule has 4 nitrogen and oxygen atoms in total. The van der Waals surface area contributed by atoms with Gasteiger partial charge < -0.3 is 9.32 Å². The minimum absolute atomic E-state index is 0.120. The van der Waals surface area contributed by atoms with Gasteiger partial charge in [-0.25, -0.2) is 0 Å². The SMILES string of the molecule is O=C(CN[C@H](c1ccccc1)c1ccco1)N1CCC(Cc2ccccc2)CC1. The first-order valence-electron chi connectivity index (χ1n) is 10.4. The molecule has 2 heterocycles. The summed E-state index contributed by atoms with van der Waals surface area (Å²) in [5, 5.41) is 3.40. The van der Waals surface area contributed by atoms with Gasteiger partial charge in [-0.2, -0.15) is 0 Å². The number of likely N-dealkylation sites (tertiary alicyclic amines) is 1. The average Bonchev–Trinajstić information content (AvgIpc) is 3.30. The molecule has 0 bridgehead atoms. The van der Waals surface area contributed by atoms with E-state index in [0.29, 0.717) is 12.5 Å². The molecule has 1 aliphatic heterocycles. The van der Waals surface area contributed by atoms with Crippen molar-refractivity contribution in [2.24, 2.45) is 5.92 Å². The Balaban J connectivity index is 1.30. The van der Waals surface area contributed by atoms with Crippen LogP contribution in [0.5, 0.6) is 0 Å². The van der Waals surface area contributed by atoms with E-state index in [9.17, 15) is 4.79 Å². The number of furan rings is 1. The monoisotopic (exact) mass is 388 g/mol. The Morgan fingerprint density at radius 2 is 1.66 bits per heavy atom. The molecule has 4 rings (SSSR count). The number of amides is 1. The summed E-state index contributed by atoms with van der Waals surface area (Å²) >= 11 is 0. The number of carbonyl (C=O) groups is 1. The van der Waals surface area contributed by atoms with Gasteiger partial charge in [-0.3, -0.25) is 10.1 Å². The molecule has 1 aliphatic rings. The van der Waals surface area contributed by atoms with Crippen molar-refractivity contribution in [1.29, 1.82) is 0 Å². The number of piperidine rings is 1. The van der Waals surface area contributed by atoms with E-state index in [-0.39, 0.29) is 11.9 Å². The van der Waals surface area contributed by atoms with E-state index in [2.05, 4.69) is 47.8 Å². The maximum absolute atomic E-state index is 12.8. The number of hydrogen-bond donors (Lipinski definition) is 1. The fourth-order valence-corrected chi connectivity index (χ4v) is 4.12. The third kappa shape index (κ3) is 5.15. The normalized spacial score (nSPS) is 15.9. The fourth-order valence-electron chi connectivity index (χ4n) is 4.12. The zero-order chi connectivity index (χ0) is 19.9. The number of benzene rings is 2. The van der Waals surface area contributed by atoms with Crippen LogP contribution in [0, 0.1) is 5.92 Å². The van der Waals surface area contributed by atoms with Crippen molar-refractivity contribution in [2.45, 2.75) is 25.3 Å². The molecule has 1 atom stereocenters. The number of carbonyl (C=O) groups excluding carboxylic acids is 1. The Kier molecular flexibility index (Phi) is 6.42. The summed E-state index contributed by atoms with van der Waals surface area (Å²) in [5.74, 6) is 1.65. The molecule has 1 amide bonds. The summed E-state index contributed by atoms with van der Waals surface area (Å²) in [6, 6.07) is 24.5. The standard InChI is InChI=1S/C25H28N2O2/c28-24(27-15-13-21(14-16-27)18-20-8-3-1-4-9-20)19-26-25(23-12-7-17-29-23)22-10-5-2-6-11-22/h1-12,17,21,25-26H,13-16,18-19H2/t25-/m1/s1. The molecule has 0 radical (unpaired) electrons. The first-order valence-corrected chi connectivity index (χ1v) is 10.4. The highest BCUT2D eigenvalue weighted by molar-refractivity contribution is 5.78. The van der Waals surface area contributed by atoms with Gasteiger partial charge in [-0.1, -0.05) is 60.7 Å². The molecular weight excluding hydrogens is 360 g/mol. The van der Waals surface area contributed by atoms with Crippen molar-refractivity contribution in [3.05, 3.63) is 95.9 Å². The van der Waals surface area contributed by atoms with Crippen molar-refractivity contribution in [1.82, 2.24) is 10.2 Å². The number of nitrogens with one attached hydrogen (secondary N) is 1. The van der Waals surface area contributed by atoms with Crippen LogP contribution in [0.25, 0.3) is 0 Å². The Hall–Kier alpha value is -2.85. The van der Waals surface area contributed by atoms with Gasteiger partial charge in [-0.15, -0.1) is 0 Å². The minimum atomic E-state index is -0.120. The molecule has 1 N–H and O–H groups in total. The van der Waals surface area contributed by atoms with Crippen LogP contribution >= 0.6 is 0 Å². The second kappa shape index (κ2) is 9.57. The predicted molar refractivity (Wildman–Crippen MR) is 114 cm³/mol. The molecular formula is C25H28N2O2. The third-order valence-electron chi connectivity index (χ3n) is 5.75. The Labute approximate surface area is 172 Å². The molecule has 1 aromatic heterocycles. The van der Waals surface area contributed by atoms with Crippen LogP contribution in [0.15, 0.2) is 83.5 Å². The molecule has 1 saturated heterocycles. The lowest BCUT2D eigenvalue weighted by Crippen LogP contribution is -2.43. The van der Waals surface area contributed by atoms with Crippen molar-refractivity contribution < 1.29 is 9.21 Å². The van der Waals surface area contributed by atoms with Gasteiger partial charge in [0, 0.05) is 13.1 Å². The third-order valence-corrected chi connectivity index (χ3v) is 5.75. The van der Waals surface area contributed by atoms with Crippen LogP contribution in [-0.4, -0.2) is 30.4 Å². The van der Waals surface area contributed by atoms with E-state index < -0.39 is 0 Å². The van der Waals surface area contributed by atoms with Crippen LogP contribution in [0.3, 0.4) is 0 Å². The molecule has 29 heavy (non-hydrogen) atoms. The lowest BCUT2D eigenvalue weighted by Gasteiger charge is -2.32. The van der Waals surface area contributed by atoms with Gasteiger partial charge in [0.2, 0.25) is 5.91 Å². The van der Waals surface area contributed by atoms with Gasteiger partial charge in [0.1, 0.15) is 5.76 Å². The van der Waals surface area contributed by atoms with Crippen molar-refractivity contribution >= 4 is 5.91 Å². The second-order valence-electron chi connectivity index (χ2n) is 7.75. The fraction of sp³-hybridized carbons (Fsp3) is 0.320. The van der Waals surface area contributed by atoms with Crippen LogP contribution in [-0.2, 0) is 11.2 Å². The minimum Gasteiger partial charge on any atom is -0.467 e. The largest absolute Gasteiger partial charge is 0.467 e. The first-order chi connectivity index (χ1) is 14.3. The van der Waals surface area contributed by atoms with Crippen molar-refractivity contribution in [2.75, 3.05) is 19.6 Å². The molecule has 0 unspecified atom stereocenters. The predicted octanol–water partition coefficient (Wildman–Crippen LogP) is 4.44. The first kappa shape index (κ1) is 19.5. The second-order valence-corrected chi connectivity index (χ2v) is 7.75. The summed E-state index contributed by atoms with van der Waals surface area (Å²) in [6.45, 7) is 1.99. The summed E-state index contributed by atoms with van der Waals surface area (Å²) < 4.78 is 5.61. The van der Waals surface area contributed by atoms with E-state index in [1.807, 2.05) is 35.2 Å². The zero-order valence-corrected chi connectivity index (χ0v) is 16.7. The van der Waals surface area contributed by atoms with Gasteiger partial charge in [0.15, 0.2) is 0 Å². The topological polar surface area (TPSA) is 45.5 Å². The van der Waals surface area contributed by atoms with E-state index >= 15 is 0 Å². The highest BCUT2D eigenvalue weighted by atomic mass is 16.3. The summed E-state index contributed by atoms with van der Waals surface area (Å²) in [6.07, 6.45) is 4.92. The smallest absolute Gasteiger partial charge is 0.236 e. The van der Waals surface area contributed by atoms with Crippen LogP contribution in [0.4, 0.5) is 0 Å². The highest BCUT2D eigenvalue weighted by Crippen LogP contribution is 2.24. The lowest BCUT2D eigenvalue weighted by atomic mass is 9.90. The summed E-state index contributed by atoms with van der Waals surface area (Å²) in [7, 11) is 0. The maximum atomic E-state index is 12.8. The van der Waals surface area contributed by atoms with E-state index in [1.165, 1.54) is 5.56 Å². The summed E-state index contributed by atoms with van der Waals surface area (Å²) in [5.41, 5.74) is 2.49. The summed E-state index contributed by atoms with van der Waals surface area (Å²) in [4.78, 5) is 14.8. The Morgan fingerprint density at radius 1 is 0.966 bits per heavy atom. The zero-order valence-electron chi connectivity index (χ0n) is 16.7.